The third-order valence-corrected chi connectivity index (χ3v) is 7.68. The fourth-order valence-corrected chi connectivity index (χ4v) is 5.34. The summed E-state index contributed by atoms with van der Waals surface area (Å²) in [6.07, 6.45) is 5.46. The fraction of sp³-hybridized carbons (Fsp3) is 0.406. The standard InChI is InChI=1S/C32H39N5O3/c1-24-22-25-10-8-15-33-28(25)29(30(24)40-21-14-32(2,3)31(38)39-4)36-17-9-16-35(19-20-36)23-26-13-18-37(34-26)27-11-6-5-7-12-27/h5-8,10-13,15,18,22H,9,14,16-17,19-21,23H2,1-4H3. The van der Waals surface area contributed by atoms with E-state index in [0.29, 0.717) is 13.0 Å². The Hall–Kier alpha value is -3.91. The van der Waals surface area contributed by atoms with Gasteiger partial charge in [0.25, 0.3) is 0 Å². The van der Waals surface area contributed by atoms with Crippen molar-refractivity contribution in [1.82, 2.24) is 19.7 Å². The maximum absolute atomic E-state index is 12.2. The summed E-state index contributed by atoms with van der Waals surface area (Å²) < 4.78 is 13.4. The van der Waals surface area contributed by atoms with Crippen LogP contribution in [0.5, 0.6) is 5.75 Å². The number of hydrogen-bond acceptors (Lipinski definition) is 7. The lowest BCUT2D eigenvalue weighted by Crippen LogP contribution is -2.31. The number of ether oxygens (including phenoxy) is 2. The fourth-order valence-electron chi connectivity index (χ4n) is 5.34. The topological polar surface area (TPSA) is 72.7 Å². The van der Waals surface area contributed by atoms with Crippen molar-refractivity contribution in [2.24, 2.45) is 5.41 Å². The molecular weight excluding hydrogens is 502 g/mol. The van der Waals surface area contributed by atoms with Gasteiger partial charge in [-0.15, -0.1) is 0 Å². The van der Waals surface area contributed by atoms with Gasteiger partial charge in [-0.1, -0.05) is 24.3 Å². The van der Waals surface area contributed by atoms with E-state index in [1.165, 1.54) is 7.11 Å². The van der Waals surface area contributed by atoms with Crippen LogP contribution in [0, 0.1) is 12.3 Å². The molecule has 210 valence electrons. The van der Waals surface area contributed by atoms with Crippen LogP contribution in [0.25, 0.3) is 16.6 Å². The van der Waals surface area contributed by atoms with Crippen LogP contribution >= 0.6 is 0 Å². The summed E-state index contributed by atoms with van der Waals surface area (Å²) in [5.74, 6) is 0.622. The Morgan fingerprint density at radius 3 is 2.65 bits per heavy atom. The Bertz CT molecular complexity index is 1450. The number of aryl methyl sites for hydroxylation is 1. The molecule has 0 N–H and O–H groups in total. The maximum Gasteiger partial charge on any atom is 0.311 e. The second-order valence-electron chi connectivity index (χ2n) is 11.1. The van der Waals surface area contributed by atoms with Crippen molar-refractivity contribution in [2.45, 2.75) is 40.2 Å². The van der Waals surface area contributed by atoms with Crippen LogP contribution in [0.15, 0.2) is 67.0 Å². The molecule has 4 aromatic rings. The molecule has 8 heteroatoms. The number of esters is 1. The average Bonchev–Trinajstić information content (AvgIpc) is 3.31. The summed E-state index contributed by atoms with van der Waals surface area (Å²) in [5, 5.41) is 5.92. The molecule has 0 bridgehead atoms. The van der Waals surface area contributed by atoms with E-state index >= 15 is 0 Å². The van der Waals surface area contributed by atoms with E-state index in [1.54, 1.807) is 0 Å². The van der Waals surface area contributed by atoms with E-state index in [-0.39, 0.29) is 5.97 Å². The van der Waals surface area contributed by atoms with E-state index in [1.807, 2.05) is 55.2 Å². The van der Waals surface area contributed by atoms with Crippen LogP contribution in [-0.4, -0.2) is 65.5 Å². The third-order valence-electron chi connectivity index (χ3n) is 7.68. The van der Waals surface area contributed by atoms with Crippen molar-refractivity contribution in [1.29, 1.82) is 0 Å². The molecule has 0 spiro atoms. The summed E-state index contributed by atoms with van der Waals surface area (Å²) in [6, 6.07) is 18.5. The zero-order valence-electron chi connectivity index (χ0n) is 24.0. The summed E-state index contributed by atoms with van der Waals surface area (Å²) in [5.41, 5.74) is 4.58. The normalized spacial score (nSPS) is 14.8. The molecule has 2 aromatic heterocycles. The highest BCUT2D eigenvalue weighted by Crippen LogP contribution is 2.39. The second kappa shape index (κ2) is 12.1. The number of para-hydroxylation sites is 1. The van der Waals surface area contributed by atoms with Crippen molar-refractivity contribution >= 4 is 22.6 Å². The number of pyridine rings is 1. The van der Waals surface area contributed by atoms with Gasteiger partial charge in [0.2, 0.25) is 0 Å². The van der Waals surface area contributed by atoms with Gasteiger partial charge in [-0.2, -0.15) is 5.10 Å². The van der Waals surface area contributed by atoms with Gasteiger partial charge in [-0.05, 0) is 69.5 Å². The first-order valence-corrected chi connectivity index (χ1v) is 14.0. The number of nitrogens with zero attached hydrogens (tertiary/aromatic N) is 5. The van der Waals surface area contributed by atoms with Gasteiger partial charge in [0.1, 0.15) is 11.4 Å². The molecule has 0 unspecified atom stereocenters. The van der Waals surface area contributed by atoms with E-state index < -0.39 is 5.41 Å². The zero-order valence-corrected chi connectivity index (χ0v) is 24.0. The van der Waals surface area contributed by atoms with Crippen LogP contribution in [0.4, 0.5) is 5.69 Å². The van der Waals surface area contributed by atoms with Crippen molar-refractivity contribution in [2.75, 3.05) is 44.8 Å². The summed E-state index contributed by atoms with van der Waals surface area (Å²) in [4.78, 5) is 21.9. The minimum absolute atomic E-state index is 0.227. The van der Waals surface area contributed by atoms with Crippen LogP contribution in [0.3, 0.4) is 0 Å². The summed E-state index contributed by atoms with van der Waals surface area (Å²) >= 11 is 0. The molecule has 1 fully saturated rings. The van der Waals surface area contributed by atoms with Gasteiger partial charge in [-0.25, -0.2) is 4.68 Å². The van der Waals surface area contributed by atoms with E-state index in [2.05, 4.69) is 47.1 Å². The molecule has 0 amide bonds. The van der Waals surface area contributed by atoms with E-state index in [0.717, 1.165) is 78.4 Å². The first-order valence-electron chi connectivity index (χ1n) is 14.0. The number of benzene rings is 2. The van der Waals surface area contributed by atoms with Crippen LogP contribution < -0.4 is 9.64 Å². The van der Waals surface area contributed by atoms with Gasteiger partial charge in [0, 0.05) is 50.5 Å². The quantitative estimate of drug-likeness (QED) is 0.262. The molecule has 8 nitrogen and oxygen atoms in total. The van der Waals surface area contributed by atoms with Gasteiger partial charge >= 0.3 is 5.97 Å². The molecule has 3 heterocycles. The molecule has 1 saturated heterocycles. The molecule has 1 aliphatic heterocycles. The first-order chi connectivity index (χ1) is 19.4. The maximum atomic E-state index is 12.2. The number of fused-ring (bicyclic) bond motifs is 1. The molecule has 0 radical (unpaired) electrons. The lowest BCUT2D eigenvalue weighted by molar-refractivity contribution is -0.151. The molecular formula is C32H39N5O3. The highest BCUT2D eigenvalue weighted by molar-refractivity contribution is 5.95. The number of carbonyl (C=O) groups excluding carboxylic acids is 1. The first kappa shape index (κ1) is 27.6. The molecule has 2 aromatic carbocycles. The van der Waals surface area contributed by atoms with Gasteiger partial charge in [-0.3, -0.25) is 14.7 Å². The lowest BCUT2D eigenvalue weighted by atomic mass is 9.90. The van der Waals surface area contributed by atoms with Crippen molar-refractivity contribution in [3.8, 4) is 11.4 Å². The Balaban J connectivity index is 1.33. The summed E-state index contributed by atoms with van der Waals surface area (Å²) in [6.45, 7) is 10.8. The minimum atomic E-state index is -0.617. The predicted octanol–water partition coefficient (Wildman–Crippen LogP) is 5.41. The van der Waals surface area contributed by atoms with Gasteiger partial charge < -0.3 is 14.4 Å². The lowest BCUT2D eigenvalue weighted by Gasteiger charge is -2.28. The van der Waals surface area contributed by atoms with Crippen molar-refractivity contribution in [3.63, 3.8) is 0 Å². The Morgan fingerprint density at radius 2 is 1.85 bits per heavy atom. The van der Waals surface area contributed by atoms with E-state index in [4.69, 9.17) is 19.6 Å². The molecule has 0 aliphatic carbocycles. The van der Waals surface area contributed by atoms with Crippen LogP contribution in [-0.2, 0) is 16.1 Å². The molecule has 1 aliphatic rings. The number of rotatable bonds is 9. The molecule has 40 heavy (non-hydrogen) atoms. The van der Waals surface area contributed by atoms with Crippen LogP contribution in [0.1, 0.15) is 37.9 Å². The highest BCUT2D eigenvalue weighted by Gasteiger charge is 2.29. The summed E-state index contributed by atoms with van der Waals surface area (Å²) in [7, 11) is 1.43. The highest BCUT2D eigenvalue weighted by atomic mass is 16.5. The van der Waals surface area contributed by atoms with E-state index in [9.17, 15) is 4.79 Å². The second-order valence-corrected chi connectivity index (χ2v) is 11.1. The monoisotopic (exact) mass is 541 g/mol. The molecule has 0 atom stereocenters. The Labute approximate surface area is 236 Å². The Morgan fingerprint density at radius 1 is 1.02 bits per heavy atom. The average molecular weight is 542 g/mol. The van der Waals surface area contributed by atoms with Crippen molar-refractivity contribution in [3.05, 3.63) is 78.2 Å². The number of anilines is 1. The zero-order chi connectivity index (χ0) is 28.1. The SMILES string of the molecule is COC(=O)C(C)(C)CCOc1c(C)cc2cccnc2c1N1CCCN(Cc2ccn(-c3ccccc3)n2)CC1. The van der Waals surface area contributed by atoms with Crippen LogP contribution in [0.2, 0.25) is 0 Å². The largest absolute Gasteiger partial charge is 0.491 e. The number of aromatic nitrogens is 3. The number of hydrogen-bond donors (Lipinski definition) is 0. The van der Waals surface area contributed by atoms with Crippen molar-refractivity contribution < 1.29 is 14.3 Å². The number of methoxy groups -OCH3 is 1. The Kier molecular flexibility index (Phi) is 8.35. The minimum Gasteiger partial charge on any atom is -0.491 e. The molecule has 0 saturated carbocycles. The molecule has 5 rings (SSSR count). The van der Waals surface area contributed by atoms with Gasteiger partial charge in [0.05, 0.1) is 36.0 Å². The van der Waals surface area contributed by atoms with Gasteiger partial charge in [0.15, 0.2) is 0 Å². The predicted molar refractivity (Wildman–Crippen MR) is 158 cm³/mol. The third kappa shape index (κ3) is 6.12. The number of carbonyl (C=O) groups is 1. The smallest absolute Gasteiger partial charge is 0.311 e.